The SMILES string of the molecule is Cc1ccc2c(c1)B1c3c[c]([Ge]([CH3])([CH3])[CH3])ccc3C(C)(C)c3c(C)ccc(c31)O2. The van der Waals surface area contributed by atoms with Crippen LogP contribution in [0.3, 0.4) is 0 Å². The number of rotatable bonds is 1. The van der Waals surface area contributed by atoms with E-state index in [0.29, 0.717) is 0 Å². The van der Waals surface area contributed by atoms with Crippen LogP contribution in [-0.2, 0) is 5.41 Å². The molecule has 0 N–H and O–H groups in total. The molecule has 29 heavy (non-hydrogen) atoms. The summed E-state index contributed by atoms with van der Waals surface area (Å²) >= 11 is -1.95. The molecule has 0 fully saturated rings. The van der Waals surface area contributed by atoms with E-state index in [2.05, 4.69) is 93.5 Å². The Morgan fingerprint density at radius 2 is 1.55 bits per heavy atom. The van der Waals surface area contributed by atoms with Crippen LogP contribution in [0.4, 0.5) is 0 Å². The van der Waals surface area contributed by atoms with Crippen LogP contribution < -0.4 is 25.5 Å². The van der Waals surface area contributed by atoms with E-state index in [1.54, 1.807) is 4.40 Å². The fourth-order valence-corrected chi connectivity index (χ4v) is 7.93. The van der Waals surface area contributed by atoms with Gasteiger partial charge >= 0.3 is 178 Å². The third-order valence-electron chi connectivity index (χ3n) is 6.93. The molecule has 0 saturated heterocycles. The van der Waals surface area contributed by atoms with Crippen molar-refractivity contribution in [3.05, 3.63) is 70.8 Å². The van der Waals surface area contributed by atoms with Gasteiger partial charge in [0.2, 0.25) is 0 Å². The Balaban J connectivity index is 1.90. The van der Waals surface area contributed by atoms with Gasteiger partial charge in [-0.05, 0) is 0 Å². The molecule has 2 heterocycles. The second-order valence-corrected chi connectivity index (χ2v) is 21.1. The quantitative estimate of drug-likeness (QED) is 0.405. The Bertz CT molecular complexity index is 1170. The van der Waals surface area contributed by atoms with Crippen molar-refractivity contribution >= 4 is 40.8 Å². The first kappa shape index (κ1) is 19.1. The fourth-order valence-electron chi connectivity index (χ4n) is 5.47. The van der Waals surface area contributed by atoms with Gasteiger partial charge < -0.3 is 0 Å². The van der Waals surface area contributed by atoms with Gasteiger partial charge in [0.05, 0.1) is 0 Å². The number of hydrogen-bond acceptors (Lipinski definition) is 1. The summed E-state index contributed by atoms with van der Waals surface area (Å²) in [6, 6.07) is 18.5. The fraction of sp³-hybridized carbons (Fsp3) is 0.308. The molecule has 1 nitrogen and oxygen atoms in total. The summed E-state index contributed by atoms with van der Waals surface area (Å²) in [5.74, 6) is 9.51. The van der Waals surface area contributed by atoms with Gasteiger partial charge in [0.1, 0.15) is 0 Å². The molecule has 3 aromatic rings. The monoisotopic (exact) mass is 442 g/mol. The molecule has 0 atom stereocenters. The van der Waals surface area contributed by atoms with Gasteiger partial charge in [-0.3, -0.25) is 0 Å². The standard InChI is InChI=1S/C26H29BGeO/c1-16-8-12-22-21(14-16)27-20-15-18(28(5,6)7)10-11-19(20)26(3,4)24-17(2)9-13-23(29-22)25(24)27/h8-15H,1-7H3. The number of ether oxygens (including phenoxy) is 1. The van der Waals surface area contributed by atoms with E-state index in [1.165, 1.54) is 38.6 Å². The molecule has 0 bridgehead atoms. The van der Waals surface area contributed by atoms with E-state index in [-0.39, 0.29) is 12.1 Å². The average Bonchev–Trinajstić information content (AvgIpc) is 2.64. The van der Waals surface area contributed by atoms with Crippen LogP contribution in [0.1, 0.15) is 36.1 Å². The summed E-state index contributed by atoms with van der Waals surface area (Å²) in [6.07, 6.45) is 0. The van der Waals surface area contributed by atoms with Crippen LogP contribution in [0, 0.1) is 13.8 Å². The molecule has 0 radical (unpaired) electrons. The van der Waals surface area contributed by atoms with Crippen molar-refractivity contribution in [1.29, 1.82) is 0 Å². The first-order valence-electron chi connectivity index (χ1n) is 10.7. The van der Waals surface area contributed by atoms with Gasteiger partial charge in [-0.2, -0.15) is 0 Å². The van der Waals surface area contributed by atoms with Crippen LogP contribution in [0.15, 0.2) is 48.5 Å². The second kappa shape index (κ2) is 6.04. The normalized spacial score (nSPS) is 15.9. The van der Waals surface area contributed by atoms with Crippen molar-refractivity contribution in [1.82, 2.24) is 0 Å². The molecular formula is C26H29BGeO. The average molecular weight is 441 g/mol. The Kier molecular flexibility index (Phi) is 3.97. The predicted octanol–water partition coefficient (Wildman–Crippen LogP) is 4.11. The Morgan fingerprint density at radius 3 is 2.28 bits per heavy atom. The van der Waals surface area contributed by atoms with Crippen molar-refractivity contribution in [2.24, 2.45) is 0 Å². The number of aryl methyl sites for hydroxylation is 2. The summed E-state index contributed by atoms with van der Waals surface area (Å²) in [6.45, 7) is 9.46. The van der Waals surface area contributed by atoms with Crippen molar-refractivity contribution in [2.45, 2.75) is 50.4 Å². The zero-order valence-corrected chi connectivity index (χ0v) is 20.7. The molecular weight excluding hydrogens is 412 g/mol. The molecule has 3 heteroatoms. The second-order valence-electron chi connectivity index (χ2n) is 10.4. The molecule has 0 amide bonds. The molecule has 5 rings (SSSR count). The molecule has 0 aromatic heterocycles. The maximum atomic E-state index is 6.45. The van der Waals surface area contributed by atoms with Crippen molar-refractivity contribution in [3.8, 4) is 11.5 Å². The molecule has 2 aliphatic rings. The zero-order valence-electron chi connectivity index (χ0n) is 18.6. The number of hydrogen-bond donors (Lipinski definition) is 0. The van der Waals surface area contributed by atoms with Crippen LogP contribution in [-0.4, -0.2) is 20.0 Å². The summed E-state index contributed by atoms with van der Waals surface area (Å²) < 4.78 is 8.03. The summed E-state index contributed by atoms with van der Waals surface area (Å²) in [4.78, 5) is 0. The first-order valence-corrected chi connectivity index (χ1v) is 18.0. The van der Waals surface area contributed by atoms with E-state index in [1.807, 2.05) is 0 Å². The summed E-state index contributed by atoms with van der Waals surface area (Å²) in [5.41, 5.74) is 9.74. The Morgan fingerprint density at radius 1 is 0.828 bits per heavy atom. The summed E-state index contributed by atoms with van der Waals surface area (Å²) in [7, 11) is 0. The molecule has 0 saturated carbocycles. The Labute approximate surface area is 177 Å². The van der Waals surface area contributed by atoms with E-state index in [4.69, 9.17) is 4.74 Å². The van der Waals surface area contributed by atoms with E-state index >= 15 is 0 Å². The van der Waals surface area contributed by atoms with Crippen molar-refractivity contribution in [3.63, 3.8) is 0 Å². The zero-order chi connectivity index (χ0) is 20.7. The van der Waals surface area contributed by atoms with Crippen LogP contribution >= 0.6 is 0 Å². The third-order valence-corrected chi connectivity index (χ3v) is 11.2. The summed E-state index contributed by atoms with van der Waals surface area (Å²) in [5, 5.41) is 0. The van der Waals surface area contributed by atoms with Crippen LogP contribution in [0.2, 0.25) is 17.3 Å². The van der Waals surface area contributed by atoms with Crippen molar-refractivity contribution in [2.75, 3.05) is 0 Å². The Hall–Kier alpha value is -1.93. The number of fused-ring (bicyclic) bond motifs is 4. The van der Waals surface area contributed by atoms with Crippen LogP contribution in [0.5, 0.6) is 11.5 Å². The van der Waals surface area contributed by atoms with Gasteiger partial charge in [-0.25, -0.2) is 0 Å². The minimum absolute atomic E-state index is 0.0324. The van der Waals surface area contributed by atoms with E-state index in [0.717, 1.165) is 11.5 Å². The third kappa shape index (κ3) is 2.68. The molecule has 0 spiro atoms. The predicted molar refractivity (Wildman–Crippen MR) is 129 cm³/mol. The van der Waals surface area contributed by atoms with Crippen LogP contribution in [0.25, 0.3) is 0 Å². The molecule has 0 unspecified atom stereocenters. The van der Waals surface area contributed by atoms with Crippen molar-refractivity contribution < 1.29 is 4.74 Å². The van der Waals surface area contributed by atoms with Gasteiger partial charge in [-0.15, -0.1) is 0 Å². The first-order chi connectivity index (χ1) is 13.6. The van der Waals surface area contributed by atoms with Gasteiger partial charge in [0.15, 0.2) is 0 Å². The van der Waals surface area contributed by atoms with E-state index < -0.39 is 13.3 Å². The van der Waals surface area contributed by atoms with E-state index in [9.17, 15) is 0 Å². The van der Waals surface area contributed by atoms with Gasteiger partial charge in [0, 0.05) is 0 Å². The van der Waals surface area contributed by atoms with Gasteiger partial charge in [-0.1, -0.05) is 0 Å². The minimum atomic E-state index is -1.95. The maximum absolute atomic E-state index is 6.45. The molecule has 0 aliphatic carbocycles. The number of benzene rings is 3. The topological polar surface area (TPSA) is 9.23 Å². The molecule has 146 valence electrons. The molecule has 2 aliphatic heterocycles. The van der Waals surface area contributed by atoms with Gasteiger partial charge in [0.25, 0.3) is 0 Å². The molecule has 3 aromatic carbocycles.